The number of hydrogen-bond acceptors (Lipinski definition) is 3. The minimum absolute atomic E-state index is 0.682. The minimum Gasteiger partial charge on any atom is -0.496 e. The van der Waals surface area contributed by atoms with Crippen LogP contribution in [0.4, 0.5) is 0 Å². The van der Waals surface area contributed by atoms with Crippen LogP contribution in [0.1, 0.15) is 50.0 Å². The summed E-state index contributed by atoms with van der Waals surface area (Å²) in [6.45, 7) is 0. The third-order valence-corrected chi connectivity index (χ3v) is 6.33. The van der Waals surface area contributed by atoms with Gasteiger partial charge >= 0.3 is 0 Å². The van der Waals surface area contributed by atoms with Crippen molar-refractivity contribution in [3.63, 3.8) is 0 Å². The van der Waals surface area contributed by atoms with Gasteiger partial charge in [-0.3, -0.25) is 0 Å². The third-order valence-electron chi connectivity index (χ3n) is 5.20. The molecule has 2 aliphatic rings. The number of nitrogens with one attached hydrogen (secondary N) is 1. The van der Waals surface area contributed by atoms with Crippen molar-refractivity contribution < 1.29 is 4.74 Å². The Kier molecular flexibility index (Phi) is 5.12. The molecule has 0 amide bonds. The van der Waals surface area contributed by atoms with Crippen LogP contribution in [-0.2, 0) is 0 Å². The summed E-state index contributed by atoms with van der Waals surface area (Å²) >= 11 is 2.05. The molecule has 1 aromatic carbocycles. The first-order valence-electron chi connectivity index (χ1n) is 8.22. The Morgan fingerprint density at radius 2 is 1.76 bits per heavy atom. The van der Waals surface area contributed by atoms with E-state index in [1.54, 1.807) is 7.11 Å². The number of hydrogen-bond donors (Lipinski definition) is 1. The van der Waals surface area contributed by atoms with Gasteiger partial charge in [0.25, 0.3) is 0 Å². The van der Waals surface area contributed by atoms with Crippen molar-refractivity contribution in [3.05, 3.63) is 29.8 Å². The van der Waals surface area contributed by atoms with E-state index in [4.69, 9.17) is 4.74 Å². The molecule has 3 heteroatoms. The molecule has 2 fully saturated rings. The molecule has 2 saturated carbocycles. The summed E-state index contributed by atoms with van der Waals surface area (Å²) in [6, 6.07) is 9.97. The fraction of sp³-hybridized carbons (Fsp3) is 0.667. The summed E-state index contributed by atoms with van der Waals surface area (Å²) in [5.74, 6) is 1.74. The molecule has 0 aromatic heterocycles. The van der Waals surface area contributed by atoms with E-state index >= 15 is 0 Å². The molecule has 0 unspecified atom stereocenters. The number of methoxy groups -OCH3 is 1. The number of rotatable bonds is 5. The highest BCUT2D eigenvalue weighted by molar-refractivity contribution is 7.99. The third kappa shape index (κ3) is 3.57. The number of benzene rings is 1. The lowest BCUT2D eigenvalue weighted by Crippen LogP contribution is -2.47. The highest BCUT2D eigenvalue weighted by Crippen LogP contribution is 2.41. The van der Waals surface area contributed by atoms with Gasteiger partial charge in [-0.1, -0.05) is 18.2 Å². The largest absolute Gasteiger partial charge is 0.496 e. The van der Waals surface area contributed by atoms with Crippen LogP contribution in [0, 0.1) is 0 Å². The quantitative estimate of drug-likeness (QED) is 0.880. The van der Waals surface area contributed by atoms with Crippen LogP contribution >= 0.6 is 11.8 Å². The Balaban J connectivity index is 1.46. The smallest absolute Gasteiger partial charge is 0.122 e. The maximum absolute atomic E-state index is 5.49. The van der Waals surface area contributed by atoms with Crippen LogP contribution in [0.2, 0.25) is 0 Å². The lowest BCUT2D eigenvalue weighted by Gasteiger charge is -2.40. The molecule has 2 nitrogen and oxygen atoms in total. The summed E-state index contributed by atoms with van der Waals surface area (Å²) in [6.07, 6.45) is 10.3. The summed E-state index contributed by atoms with van der Waals surface area (Å²) < 4.78 is 5.49. The first-order chi connectivity index (χ1) is 10.3. The van der Waals surface area contributed by atoms with E-state index in [-0.39, 0.29) is 0 Å². The fourth-order valence-corrected chi connectivity index (χ4v) is 4.55. The van der Waals surface area contributed by atoms with Crippen molar-refractivity contribution in [1.29, 1.82) is 0 Å². The van der Waals surface area contributed by atoms with Gasteiger partial charge in [-0.2, -0.15) is 11.8 Å². The van der Waals surface area contributed by atoms with Crippen molar-refractivity contribution in [2.24, 2.45) is 0 Å². The van der Waals surface area contributed by atoms with E-state index in [0.717, 1.165) is 23.1 Å². The Labute approximate surface area is 133 Å². The van der Waals surface area contributed by atoms with E-state index in [9.17, 15) is 0 Å². The normalized spacial score (nSPS) is 32.5. The minimum atomic E-state index is 0.682. The molecule has 2 aliphatic carbocycles. The lowest BCUT2D eigenvalue weighted by molar-refractivity contribution is 0.236. The Morgan fingerprint density at radius 1 is 1.05 bits per heavy atom. The van der Waals surface area contributed by atoms with Crippen LogP contribution in [0.3, 0.4) is 0 Å². The average molecular weight is 305 g/mol. The van der Waals surface area contributed by atoms with Gasteiger partial charge in [0.05, 0.1) is 7.11 Å². The molecule has 0 heterocycles. The monoisotopic (exact) mass is 305 g/mol. The van der Waals surface area contributed by atoms with Crippen molar-refractivity contribution in [2.45, 2.75) is 61.8 Å². The molecule has 0 bridgehead atoms. The lowest BCUT2D eigenvalue weighted by atomic mass is 9.75. The summed E-state index contributed by atoms with van der Waals surface area (Å²) in [4.78, 5) is 0. The topological polar surface area (TPSA) is 21.3 Å². The second-order valence-corrected chi connectivity index (χ2v) is 7.62. The van der Waals surface area contributed by atoms with Gasteiger partial charge < -0.3 is 10.1 Å². The van der Waals surface area contributed by atoms with Crippen LogP contribution in [0.5, 0.6) is 5.75 Å². The standard InChI is InChI=1S/C18H27NOS/c1-20-18-6-4-3-5-17(18)13-11-15(12-13)19-14-7-9-16(21-2)10-8-14/h3-6,13-16,19H,7-12H2,1-2H3. The highest BCUT2D eigenvalue weighted by Gasteiger charge is 2.33. The molecule has 0 atom stereocenters. The fourth-order valence-electron chi connectivity index (χ4n) is 3.81. The maximum atomic E-state index is 5.49. The molecule has 1 N–H and O–H groups in total. The van der Waals surface area contributed by atoms with Crippen LogP contribution < -0.4 is 10.1 Å². The first-order valence-corrected chi connectivity index (χ1v) is 9.50. The van der Waals surface area contributed by atoms with E-state index in [1.807, 2.05) is 11.8 Å². The van der Waals surface area contributed by atoms with Gasteiger partial charge in [0.2, 0.25) is 0 Å². The zero-order chi connectivity index (χ0) is 14.7. The molecular formula is C18H27NOS. The second kappa shape index (κ2) is 7.06. The Morgan fingerprint density at radius 3 is 2.43 bits per heavy atom. The van der Waals surface area contributed by atoms with E-state index in [1.165, 1.54) is 44.1 Å². The Bertz CT molecular complexity index is 450. The Hall–Kier alpha value is -0.670. The summed E-state index contributed by atoms with van der Waals surface area (Å²) in [5.41, 5.74) is 1.39. The number of ether oxygens (including phenoxy) is 1. The summed E-state index contributed by atoms with van der Waals surface area (Å²) in [5, 5.41) is 4.80. The van der Waals surface area contributed by atoms with E-state index in [2.05, 4.69) is 35.8 Å². The second-order valence-electron chi connectivity index (χ2n) is 6.48. The van der Waals surface area contributed by atoms with Gasteiger partial charge in [-0.15, -0.1) is 0 Å². The molecular weight excluding hydrogens is 278 g/mol. The van der Waals surface area contributed by atoms with E-state index in [0.29, 0.717) is 5.92 Å². The molecule has 1 aromatic rings. The molecule has 0 saturated heterocycles. The van der Waals surface area contributed by atoms with Crippen molar-refractivity contribution in [1.82, 2.24) is 5.32 Å². The van der Waals surface area contributed by atoms with Gasteiger partial charge in [-0.25, -0.2) is 0 Å². The molecule has 0 radical (unpaired) electrons. The van der Waals surface area contributed by atoms with Crippen molar-refractivity contribution >= 4 is 11.8 Å². The molecule has 21 heavy (non-hydrogen) atoms. The molecule has 116 valence electrons. The van der Waals surface area contributed by atoms with Gasteiger partial charge in [-0.05, 0) is 62.3 Å². The highest BCUT2D eigenvalue weighted by atomic mass is 32.2. The van der Waals surface area contributed by atoms with Crippen LogP contribution in [-0.4, -0.2) is 30.7 Å². The van der Waals surface area contributed by atoms with Crippen LogP contribution in [0.15, 0.2) is 24.3 Å². The van der Waals surface area contributed by atoms with Gasteiger partial charge in [0.15, 0.2) is 0 Å². The maximum Gasteiger partial charge on any atom is 0.122 e. The summed E-state index contributed by atoms with van der Waals surface area (Å²) in [7, 11) is 1.78. The van der Waals surface area contributed by atoms with Crippen LogP contribution in [0.25, 0.3) is 0 Å². The van der Waals surface area contributed by atoms with Gasteiger partial charge in [0, 0.05) is 17.3 Å². The predicted octanol–water partition coefficient (Wildman–Crippen LogP) is 4.21. The average Bonchev–Trinajstić information content (AvgIpc) is 2.51. The SMILES string of the molecule is COc1ccccc1C1CC(NC2CCC(SC)CC2)C1. The predicted molar refractivity (Wildman–Crippen MR) is 91.5 cm³/mol. The van der Waals surface area contributed by atoms with E-state index < -0.39 is 0 Å². The molecule has 3 rings (SSSR count). The van der Waals surface area contributed by atoms with Crippen molar-refractivity contribution in [3.8, 4) is 5.75 Å². The molecule has 0 spiro atoms. The van der Waals surface area contributed by atoms with Gasteiger partial charge in [0.1, 0.15) is 5.75 Å². The van der Waals surface area contributed by atoms with Crippen molar-refractivity contribution in [2.75, 3.05) is 13.4 Å². The first kappa shape index (κ1) is 15.2. The zero-order valence-electron chi connectivity index (χ0n) is 13.2. The number of thioether (sulfide) groups is 1. The zero-order valence-corrected chi connectivity index (χ0v) is 14.0. The number of para-hydroxylation sites is 1. The molecule has 0 aliphatic heterocycles.